The third-order valence-electron chi connectivity index (χ3n) is 4.03. The van der Waals surface area contributed by atoms with Gasteiger partial charge in [-0.1, -0.05) is 24.3 Å². The van der Waals surface area contributed by atoms with Crippen molar-refractivity contribution in [3.8, 4) is 0 Å². The van der Waals surface area contributed by atoms with Gasteiger partial charge in [0.15, 0.2) is 0 Å². The van der Waals surface area contributed by atoms with Crippen molar-refractivity contribution in [3.05, 3.63) is 35.4 Å². The first kappa shape index (κ1) is 13.1. The summed E-state index contributed by atoms with van der Waals surface area (Å²) in [5.41, 5.74) is 2.05. The second-order valence-corrected chi connectivity index (χ2v) is 5.43. The molecule has 0 radical (unpaired) electrons. The van der Waals surface area contributed by atoms with Crippen molar-refractivity contribution in [2.75, 3.05) is 13.1 Å². The van der Waals surface area contributed by atoms with E-state index < -0.39 is 6.10 Å². The second kappa shape index (κ2) is 5.25. The Kier molecular flexibility index (Phi) is 3.44. The molecule has 5 heteroatoms. The highest BCUT2D eigenvalue weighted by Gasteiger charge is 2.32. The Morgan fingerprint density at radius 2 is 2.20 bits per heavy atom. The van der Waals surface area contributed by atoms with Gasteiger partial charge >= 0.3 is 0 Å². The fourth-order valence-electron chi connectivity index (χ4n) is 3.01. The molecule has 1 saturated heterocycles. The number of hydrogen-bond acceptors (Lipinski definition) is 3. The van der Waals surface area contributed by atoms with Crippen LogP contribution in [0.1, 0.15) is 30.0 Å². The molecule has 1 aromatic rings. The molecule has 20 heavy (non-hydrogen) atoms. The smallest absolute Gasteiger partial charge is 0.240 e. The van der Waals surface area contributed by atoms with Crippen LogP contribution in [0.2, 0.25) is 0 Å². The van der Waals surface area contributed by atoms with Gasteiger partial charge in [0.25, 0.3) is 0 Å². The van der Waals surface area contributed by atoms with Crippen LogP contribution in [0.15, 0.2) is 24.3 Å². The van der Waals surface area contributed by atoms with Gasteiger partial charge in [0.2, 0.25) is 11.8 Å². The van der Waals surface area contributed by atoms with E-state index in [0.717, 1.165) is 17.5 Å². The van der Waals surface area contributed by atoms with Gasteiger partial charge in [-0.25, -0.2) is 0 Å². The third kappa shape index (κ3) is 2.41. The summed E-state index contributed by atoms with van der Waals surface area (Å²) < 4.78 is 0. The number of nitrogens with zero attached hydrogens (tertiary/aromatic N) is 1. The number of nitrogens with one attached hydrogen (secondary N) is 1. The maximum Gasteiger partial charge on any atom is 0.240 e. The molecule has 5 nitrogen and oxygen atoms in total. The molecule has 2 atom stereocenters. The first-order chi connectivity index (χ1) is 9.65. The summed E-state index contributed by atoms with van der Waals surface area (Å²) in [7, 11) is 0. The van der Waals surface area contributed by atoms with Gasteiger partial charge in [0.05, 0.1) is 18.7 Å². The highest BCUT2D eigenvalue weighted by molar-refractivity contribution is 5.86. The molecular formula is C15H18N2O3. The largest absolute Gasteiger partial charge is 0.390 e. The number of fused-ring (bicyclic) bond motifs is 1. The van der Waals surface area contributed by atoms with Crippen molar-refractivity contribution in [1.29, 1.82) is 0 Å². The van der Waals surface area contributed by atoms with Crippen LogP contribution in [0.4, 0.5) is 0 Å². The van der Waals surface area contributed by atoms with Gasteiger partial charge in [0, 0.05) is 19.4 Å². The molecular weight excluding hydrogens is 256 g/mol. The van der Waals surface area contributed by atoms with Crippen molar-refractivity contribution >= 4 is 11.8 Å². The lowest BCUT2D eigenvalue weighted by Crippen LogP contribution is -2.41. The number of carbonyl (C=O) groups is 2. The van der Waals surface area contributed by atoms with Crippen LogP contribution in [-0.4, -0.2) is 41.0 Å². The van der Waals surface area contributed by atoms with Crippen LogP contribution in [-0.2, 0) is 16.0 Å². The zero-order valence-corrected chi connectivity index (χ0v) is 11.2. The Bertz CT molecular complexity index is 544. The van der Waals surface area contributed by atoms with Crippen molar-refractivity contribution < 1.29 is 14.7 Å². The minimum absolute atomic E-state index is 0.0347. The highest BCUT2D eigenvalue weighted by Crippen LogP contribution is 2.31. The van der Waals surface area contributed by atoms with E-state index in [1.807, 2.05) is 24.3 Å². The third-order valence-corrected chi connectivity index (χ3v) is 4.03. The average Bonchev–Trinajstić information content (AvgIpc) is 2.95. The predicted molar refractivity (Wildman–Crippen MR) is 72.9 cm³/mol. The summed E-state index contributed by atoms with van der Waals surface area (Å²) in [4.78, 5) is 25.1. The topological polar surface area (TPSA) is 69.6 Å². The zero-order chi connectivity index (χ0) is 14.1. The van der Waals surface area contributed by atoms with Gasteiger partial charge in [0.1, 0.15) is 0 Å². The number of aliphatic hydroxyl groups excluding tert-OH is 1. The number of likely N-dealkylation sites (tertiary alicyclic amines) is 1. The maximum atomic E-state index is 12.0. The van der Waals surface area contributed by atoms with Crippen LogP contribution in [0.25, 0.3) is 0 Å². The number of aliphatic hydroxyl groups is 1. The Morgan fingerprint density at radius 3 is 2.95 bits per heavy atom. The fourth-order valence-corrected chi connectivity index (χ4v) is 3.01. The molecule has 1 aliphatic carbocycles. The van der Waals surface area contributed by atoms with E-state index in [0.29, 0.717) is 19.4 Å². The Labute approximate surface area is 117 Å². The van der Waals surface area contributed by atoms with Gasteiger partial charge in [-0.2, -0.15) is 0 Å². The van der Waals surface area contributed by atoms with E-state index >= 15 is 0 Å². The SMILES string of the molecule is O=C(CN1CCCC1=O)N[C@@H]1c2ccccc2C[C@@H]1O. The van der Waals surface area contributed by atoms with Crippen molar-refractivity contribution in [1.82, 2.24) is 10.2 Å². The minimum Gasteiger partial charge on any atom is -0.390 e. The molecule has 2 aliphatic rings. The van der Waals surface area contributed by atoms with Gasteiger partial charge < -0.3 is 15.3 Å². The number of rotatable bonds is 3. The summed E-state index contributed by atoms with van der Waals surface area (Å²) in [6.07, 6.45) is 1.32. The Hall–Kier alpha value is -1.88. The van der Waals surface area contributed by atoms with Crippen LogP contribution >= 0.6 is 0 Å². The lowest BCUT2D eigenvalue weighted by atomic mass is 10.1. The van der Waals surface area contributed by atoms with E-state index in [-0.39, 0.29) is 24.4 Å². The number of amides is 2. The molecule has 0 aromatic heterocycles. The summed E-state index contributed by atoms with van der Waals surface area (Å²) >= 11 is 0. The Morgan fingerprint density at radius 1 is 1.40 bits per heavy atom. The summed E-state index contributed by atoms with van der Waals surface area (Å²) in [6, 6.07) is 7.36. The Balaban J connectivity index is 1.65. The quantitative estimate of drug-likeness (QED) is 0.837. The normalized spacial score (nSPS) is 24.9. The van der Waals surface area contributed by atoms with Crippen molar-refractivity contribution in [2.24, 2.45) is 0 Å². The molecule has 0 spiro atoms. The molecule has 3 rings (SSSR count). The second-order valence-electron chi connectivity index (χ2n) is 5.43. The fraction of sp³-hybridized carbons (Fsp3) is 0.467. The van der Waals surface area contributed by atoms with Gasteiger partial charge in [-0.05, 0) is 17.5 Å². The minimum atomic E-state index is -0.592. The van der Waals surface area contributed by atoms with Crippen LogP contribution < -0.4 is 5.32 Å². The molecule has 1 aromatic carbocycles. The summed E-state index contributed by atoms with van der Waals surface area (Å²) in [5.74, 6) is -0.173. The summed E-state index contributed by atoms with van der Waals surface area (Å²) in [5, 5.41) is 12.9. The van der Waals surface area contributed by atoms with E-state index in [1.165, 1.54) is 0 Å². The molecule has 1 fully saturated rings. The van der Waals surface area contributed by atoms with Gasteiger partial charge in [-0.15, -0.1) is 0 Å². The van der Waals surface area contributed by atoms with Crippen molar-refractivity contribution in [3.63, 3.8) is 0 Å². The number of benzene rings is 1. The predicted octanol–water partition coefficient (Wildman–Crippen LogP) is 0.383. The van der Waals surface area contributed by atoms with Gasteiger partial charge in [-0.3, -0.25) is 9.59 Å². The van der Waals surface area contributed by atoms with E-state index in [9.17, 15) is 14.7 Å². The molecule has 0 saturated carbocycles. The first-order valence-corrected chi connectivity index (χ1v) is 6.98. The van der Waals surface area contributed by atoms with Crippen molar-refractivity contribution in [2.45, 2.75) is 31.4 Å². The molecule has 106 valence electrons. The molecule has 2 amide bonds. The number of carbonyl (C=O) groups excluding carboxylic acids is 2. The lowest BCUT2D eigenvalue weighted by molar-refractivity contribution is -0.133. The standard InChI is InChI=1S/C15H18N2O3/c18-12-8-10-4-1-2-5-11(10)15(12)16-13(19)9-17-7-3-6-14(17)20/h1-2,4-5,12,15,18H,3,6-9H2,(H,16,19)/t12-,15+/m0/s1. The lowest BCUT2D eigenvalue weighted by Gasteiger charge is -2.20. The average molecular weight is 274 g/mol. The number of hydrogen-bond donors (Lipinski definition) is 2. The van der Waals surface area contributed by atoms with E-state index in [4.69, 9.17) is 0 Å². The van der Waals surface area contributed by atoms with Crippen LogP contribution in [0.3, 0.4) is 0 Å². The zero-order valence-electron chi connectivity index (χ0n) is 11.2. The molecule has 1 aliphatic heterocycles. The van der Waals surface area contributed by atoms with Crippen LogP contribution in [0, 0.1) is 0 Å². The maximum absolute atomic E-state index is 12.0. The van der Waals surface area contributed by atoms with E-state index in [2.05, 4.69) is 5.32 Å². The highest BCUT2D eigenvalue weighted by atomic mass is 16.3. The molecule has 1 heterocycles. The van der Waals surface area contributed by atoms with Crippen LogP contribution in [0.5, 0.6) is 0 Å². The van der Waals surface area contributed by atoms with E-state index in [1.54, 1.807) is 4.90 Å². The summed E-state index contributed by atoms with van der Waals surface area (Å²) in [6.45, 7) is 0.736. The molecule has 0 bridgehead atoms. The molecule has 0 unspecified atom stereocenters. The first-order valence-electron chi connectivity index (χ1n) is 6.98. The molecule has 2 N–H and O–H groups in total. The monoisotopic (exact) mass is 274 g/mol.